The van der Waals surface area contributed by atoms with Crippen molar-refractivity contribution in [3.63, 3.8) is 0 Å². The van der Waals surface area contributed by atoms with E-state index in [0.29, 0.717) is 0 Å². The van der Waals surface area contributed by atoms with Gasteiger partial charge in [-0.3, -0.25) is 0 Å². The van der Waals surface area contributed by atoms with Crippen LogP contribution in [0.4, 0.5) is 0 Å². The number of ether oxygens (including phenoxy) is 3. The maximum Gasteiger partial charge on any atom is 0.336 e. The molecule has 0 radical (unpaired) electrons. The lowest BCUT2D eigenvalue weighted by atomic mass is 10.1. The lowest BCUT2D eigenvalue weighted by molar-refractivity contribution is -0.156. The van der Waals surface area contributed by atoms with Crippen molar-refractivity contribution >= 4 is 5.97 Å². The molecule has 3 atom stereocenters. The topological polar surface area (TPSA) is 65.0 Å². The van der Waals surface area contributed by atoms with Gasteiger partial charge < -0.3 is 19.3 Å². The number of aliphatic hydroxyl groups is 1. The third kappa shape index (κ3) is 1.86. The molecular formula is C11H16O5. The third-order valence-electron chi connectivity index (χ3n) is 2.65. The molecule has 2 rings (SSSR count). The smallest absolute Gasteiger partial charge is 0.336 e. The average Bonchev–Trinajstić information content (AvgIpc) is 2.62. The highest BCUT2D eigenvalue weighted by Crippen LogP contribution is 2.37. The molecule has 2 aliphatic rings. The van der Waals surface area contributed by atoms with Gasteiger partial charge >= 0.3 is 5.97 Å². The molecule has 5 heteroatoms. The highest BCUT2D eigenvalue weighted by atomic mass is 16.8. The molecule has 0 saturated carbocycles. The fourth-order valence-corrected chi connectivity index (χ4v) is 2.05. The Morgan fingerprint density at radius 1 is 1.56 bits per heavy atom. The van der Waals surface area contributed by atoms with Crippen molar-refractivity contribution in [2.24, 2.45) is 0 Å². The van der Waals surface area contributed by atoms with E-state index in [4.69, 9.17) is 14.2 Å². The van der Waals surface area contributed by atoms with Crippen LogP contribution in [0.15, 0.2) is 11.6 Å². The Bertz CT molecular complexity index is 333. The van der Waals surface area contributed by atoms with E-state index in [1.807, 2.05) is 0 Å². The van der Waals surface area contributed by atoms with Gasteiger partial charge in [0.15, 0.2) is 5.79 Å². The molecule has 1 aliphatic heterocycles. The monoisotopic (exact) mass is 228 g/mol. The predicted molar refractivity (Wildman–Crippen MR) is 54.5 cm³/mol. The summed E-state index contributed by atoms with van der Waals surface area (Å²) in [5, 5.41) is 9.91. The molecule has 1 aliphatic carbocycles. The van der Waals surface area contributed by atoms with Gasteiger partial charge in [0, 0.05) is 0 Å². The molecule has 0 spiro atoms. The Kier molecular flexibility index (Phi) is 2.77. The van der Waals surface area contributed by atoms with Crippen LogP contribution >= 0.6 is 0 Å². The Balaban J connectivity index is 2.12. The summed E-state index contributed by atoms with van der Waals surface area (Å²) in [6, 6.07) is 0. The minimum Gasteiger partial charge on any atom is -0.463 e. The Labute approximate surface area is 94.0 Å². The van der Waals surface area contributed by atoms with Gasteiger partial charge in [-0.2, -0.15) is 0 Å². The lowest BCUT2D eigenvalue weighted by Crippen LogP contribution is -2.32. The molecule has 0 bridgehead atoms. The Morgan fingerprint density at radius 3 is 2.81 bits per heavy atom. The maximum atomic E-state index is 11.5. The van der Waals surface area contributed by atoms with E-state index in [9.17, 15) is 9.90 Å². The van der Waals surface area contributed by atoms with Gasteiger partial charge in [0.1, 0.15) is 18.3 Å². The molecule has 90 valence electrons. The number of hydrogen-bond donors (Lipinski definition) is 1. The van der Waals surface area contributed by atoms with Gasteiger partial charge in [-0.25, -0.2) is 4.79 Å². The summed E-state index contributed by atoms with van der Waals surface area (Å²) in [6.45, 7) is 5.55. The second-order valence-electron chi connectivity index (χ2n) is 4.35. The molecule has 0 amide bonds. The molecule has 1 fully saturated rings. The fraction of sp³-hybridized carbons (Fsp3) is 0.727. The van der Waals surface area contributed by atoms with Gasteiger partial charge in [0.2, 0.25) is 0 Å². The van der Waals surface area contributed by atoms with E-state index in [0.717, 1.165) is 0 Å². The first-order valence-electron chi connectivity index (χ1n) is 5.37. The summed E-state index contributed by atoms with van der Waals surface area (Å²) in [5.41, 5.74) is 0.229. The fourth-order valence-electron chi connectivity index (χ4n) is 2.05. The second kappa shape index (κ2) is 3.84. The van der Waals surface area contributed by atoms with Crippen LogP contribution in [0.3, 0.4) is 0 Å². The highest BCUT2D eigenvalue weighted by Gasteiger charge is 2.50. The van der Waals surface area contributed by atoms with Gasteiger partial charge in [0.05, 0.1) is 12.2 Å². The summed E-state index contributed by atoms with van der Waals surface area (Å²) in [5.74, 6) is -1.22. The SMILES string of the molecule is CCOC(=O)C1=C[C@@H]2OC(C)(C)O[C@@H]2[C@@H]1O. The minimum atomic E-state index is -0.967. The van der Waals surface area contributed by atoms with Gasteiger partial charge in [-0.1, -0.05) is 0 Å². The average molecular weight is 228 g/mol. The molecule has 0 unspecified atom stereocenters. The quantitative estimate of drug-likeness (QED) is 0.692. The molecule has 1 saturated heterocycles. The molecule has 1 N–H and O–H groups in total. The van der Waals surface area contributed by atoms with Crippen LogP contribution in [0.5, 0.6) is 0 Å². The van der Waals surface area contributed by atoms with E-state index < -0.39 is 24.0 Å². The number of fused-ring (bicyclic) bond motifs is 1. The molecular weight excluding hydrogens is 212 g/mol. The van der Waals surface area contributed by atoms with E-state index in [1.54, 1.807) is 26.8 Å². The van der Waals surface area contributed by atoms with E-state index >= 15 is 0 Å². The van der Waals surface area contributed by atoms with E-state index in [1.165, 1.54) is 0 Å². The van der Waals surface area contributed by atoms with Crippen LogP contribution in [0.2, 0.25) is 0 Å². The van der Waals surface area contributed by atoms with Crippen molar-refractivity contribution in [1.82, 2.24) is 0 Å². The number of carbonyl (C=O) groups is 1. The van der Waals surface area contributed by atoms with Gasteiger partial charge in [0.25, 0.3) is 0 Å². The zero-order valence-electron chi connectivity index (χ0n) is 9.60. The van der Waals surface area contributed by atoms with Crippen molar-refractivity contribution in [2.45, 2.75) is 44.9 Å². The van der Waals surface area contributed by atoms with Crippen LogP contribution in [0, 0.1) is 0 Å². The van der Waals surface area contributed by atoms with Crippen LogP contribution in [0.25, 0.3) is 0 Å². The zero-order valence-corrected chi connectivity index (χ0v) is 9.60. The maximum absolute atomic E-state index is 11.5. The second-order valence-corrected chi connectivity index (χ2v) is 4.35. The molecule has 5 nitrogen and oxygen atoms in total. The first-order chi connectivity index (χ1) is 7.44. The van der Waals surface area contributed by atoms with Crippen LogP contribution in [-0.2, 0) is 19.0 Å². The third-order valence-corrected chi connectivity index (χ3v) is 2.65. The standard InChI is InChI=1S/C11H16O5/c1-4-14-10(13)6-5-7-9(8(6)12)16-11(2,3)15-7/h5,7-9,12H,4H2,1-3H3/t7-,8+,9-/m0/s1. The number of hydrogen-bond acceptors (Lipinski definition) is 5. The zero-order chi connectivity index (χ0) is 11.9. The number of esters is 1. The first kappa shape index (κ1) is 11.6. The van der Waals surface area contributed by atoms with Crippen molar-refractivity contribution in [3.8, 4) is 0 Å². The minimum absolute atomic E-state index is 0.229. The molecule has 0 aromatic rings. The molecule has 16 heavy (non-hydrogen) atoms. The summed E-state index contributed by atoms with van der Waals surface area (Å²) in [4.78, 5) is 11.5. The van der Waals surface area contributed by atoms with Crippen molar-refractivity contribution < 1.29 is 24.1 Å². The number of carbonyl (C=O) groups excluding carboxylic acids is 1. The number of rotatable bonds is 2. The van der Waals surface area contributed by atoms with Crippen molar-refractivity contribution in [2.75, 3.05) is 6.61 Å². The van der Waals surface area contributed by atoms with Crippen molar-refractivity contribution in [1.29, 1.82) is 0 Å². The van der Waals surface area contributed by atoms with Crippen LogP contribution in [0.1, 0.15) is 20.8 Å². The molecule has 0 aromatic carbocycles. The Morgan fingerprint density at radius 2 is 2.25 bits per heavy atom. The summed E-state index contributed by atoms with van der Waals surface area (Å²) >= 11 is 0. The largest absolute Gasteiger partial charge is 0.463 e. The Hall–Kier alpha value is -0.910. The summed E-state index contributed by atoms with van der Waals surface area (Å²) in [6.07, 6.45) is -0.258. The predicted octanol–water partition coefficient (Wildman–Crippen LogP) is 0.370. The van der Waals surface area contributed by atoms with Gasteiger partial charge in [-0.15, -0.1) is 0 Å². The summed E-state index contributed by atoms with van der Waals surface area (Å²) in [7, 11) is 0. The van der Waals surface area contributed by atoms with Crippen LogP contribution < -0.4 is 0 Å². The normalized spacial score (nSPS) is 35.8. The summed E-state index contributed by atoms with van der Waals surface area (Å²) < 4.78 is 15.9. The lowest BCUT2D eigenvalue weighted by Gasteiger charge is -2.20. The van der Waals surface area contributed by atoms with E-state index in [-0.39, 0.29) is 18.3 Å². The highest BCUT2D eigenvalue weighted by molar-refractivity contribution is 5.90. The van der Waals surface area contributed by atoms with Gasteiger partial charge in [-0.05, 0) is 26.8 Å². The molecule has 1 heterocycles. The van der Waals surface area contributed by atoms with E-state index in [2.05, 4.69) is 0 Å². The van der Waals surface area contributed by atoms with Crippen molar-refractivity contribution in [3.05, 3.63) is 11.6 Å². The first-order valence-corrected chi connectivity index (χ1v) is 5.37. The number of aliphatic hydroxyl groups excluding tert-OH is 1. The van der Waals surface area contributed by atoms with Crippen LogP contribution in [-0.4, -0.2) is 41.8 Å². The molecule has 0 aromatic heterocycles.